The molecule has 2 N–H and O–H groups in total. The van der Waals surface area contributed by atoms with Crippen LogP contribution in [-0.2, 0) is 42.9 Å². The molecule has 0 heterocycles. The van der Waals surface area contributed by atoms with Crippen molar-refractivity contribution < 1.29 is 42.9 Å². The van der Waals surface area contributed by atoms with Gasteiger partial charge >= 0.3 is 23.9 Å². The van der Waals surface area contributed by atoms with Gasteiger partial charge in [-0.15, -0.1) is 0 Å². The van der Waals surface area contributed by atoms with Gasteiger partial charge in [0.1, 0.15) is 49.7 Å². The standard InChI is InChI=1S/C38H42N4O9/c1-25(2)35(43)48-15-17-50-37(45)31(21-39)19-29-7-11-33(12-8-29)41-27(5)23-47-24-28(6)42-34-13-9-30(10-14-34)20-32(22-40)38(46)51-18-16-49-36(44)26(3)4/h7-14,19-20,27-28,41-42H,1,3,15-18,23-24H2,2,4-6H3/b31-19+,32-20+. The number of carbonyl (C=O) groups excluding carboxylic acids is 4. The molecule has 268 valence electrons. The summed E-state index contributed by atoms with van der Waals surface area (Å²) in [5, 5.41) is 25.4. The quantitative estimate of drug-likeness (QED) is 0.0609. The fourth-order valence-electron chi connectivity index (χ4n) is 3.97. The van der Waals surface area contributed by atoms with E-state index in [-0.39, 0.29) is 60.8 Å². The van der Waals surface area contributed by atoms with E-state index < -0.39 is 23.9 Å². The monoisotopic (exact) mass is 698 g/mol. The minimum Gasteiger partial charge on any atom is -0.459 e. The highest BCUT2D eigenvalue weighted by Crippen LogP contribution is 2.16. The average molecular weight is 699 g/mol. The number of nitrogens with one attached hydrogen (secondary N) is 2. The van der Waals surface area contributed by atoms with Crippen LogP contribution in [0.4, 0.5) is 11.4 Å². The highest BCUT2D eigenvalue weighted by molar-refractivity contribution is 5.98. The summed E-state index contributed by atoms with van der Waals surface area (Å²) in [4.78, 5) is 47.2. The summed E-state index contributed by atoms with van der Waals surface area (Å²) in [5.41, 5.74) is 2.97. The molecule has 13 nitrogen and oxygen atoms in total. The Morgan fingerprint density at radius 1 is 0.627 bits per heavy atom. The summed E-state index contributed by atoms with van der Waals surface area (Å²) in [5.74, 6) is -2.82. The van der Waals surface area contributed by atoms with E-state index in [2.05, 4.69) is 23.8 Å². The number of nitrogens with zero attached hydrogens (tertiary/aromatic N) is 2. The largest absolute Gasteiger partial charge is 0.459 e. The van der Waals surface area contributed by atoms with Crippen LogP contribution in [0.15, 0.2) is 84.0 Å². The maximum absolute atomic E-state index is 12.2. The van der Waals surface area contributed by atoms with Crippen molar-refractivity contribution in [3.05, 3.63) is 95.1 Å². The first-order valence-corrected chi connectivity index (χ1v) is 15.9. The summed E-state index contributed by atoms with van der Waals surface area (Å²) in [7, 11) is 0. The molecule has 2 unspecified atom stereocenters. The van der Waals surface area contributed by atoms with Crippen LogP contribution in [0.3, 0.4) is 0 Å². The van der Waals surface area contributed by atoms with Gasteiger partial charge in [0.05, 0.1) is 13.2 Å². The van der Waals surface area contributed by atoms with Crippen LogP contribution in [0.2, 0.25) is 0 Å². The van der Waals surface area contributed by atoms with E-state index in [9.17, 15) is 29.7 Å². The normalized spacial score (nSPS) is 12.2. The molecule has 0 aliphatic rings. The highest BCUT2D eigenvalue weighted by atomic mass is 16.6. The molecule has 13 heteroatoms. The number of anilines is 2. The van der Waals surface area contributed by atoms with Crippen molar-refractivity contribution in [2.45, 2.75) is 39.8 Å². The molecule has 51 heavy (non-hydrogen) atoms. The van der Waals surface area contributed by atoms with Crippen molar-refractivity contribution in [1.82, 2.24) is 0 Å². The van der Waals surface area contributed by atoms with Gasteiger partial charge in [-0.2, -0.15) is 10.5 Å². The lowest BCUT2D eigenvalue weighted by Crippen LogP contribution is -2.27. The second-order valence-corrected chi connectivity index (χ2v) is 11.3. The second-order valence-electron chi connectivity index (χ2n) is 11.3. The Morgan fingerprint density at radius 2 is 0.941 bits per heavy atom. The highest BCUT2D eigenvalue weighted by Gasteiger charge is 2.14. The number of hydrogen-bond acceptors (Lipinski definition) is 13. The molecular weight excluding hydrogens is 656 g/mol. The molecule has 0 saturated carbocycles. The van der Waals surface area contributed by atoms with E-state index >= 15 is 0 Å². The SMILES string of the molecule is C=C(C)C(=O)OCCOC(=O)/C(C#N)=C/c1ccc(NC(C)COCC(C)Nc2ccc(/C=C(\C#N)C(=O)OCCOC(=O)C(=C)C)cc2)cc1. The predicted molar refractivity (Wildman–Crippen MR) is 191 cm³/mol. The van der Waals surface area contributed by atoms with Crippen molar-refractivity contribution in [2.24, 2.45) is 0 Å². The number of esters is 4. The third kappa shape index (κ3) is 15.7. The van der Waals surface area contributed by atoms with Crippen LogP contribution < -0.4 is 10.6 Å². The molecular formula is C38H42N4O9. The van der Waals surface area contributed by atoms with E-state index in [1.54, 1.807) is 24.3 Å². The lowest BCUT2D eigenvalue weighted by molar-refractivity contribution is -0.147. The molecule has 0 amide bonds. The van der Waals surface area contributed by atoms with E-state index in [1.807, 2.05) is 50.3 Å². The van der Waals surface area contributed by atoms with Gasteiger partial charge in [0.15, 0.2) is 0 Å². The number of rotatable bonds is 20. The van der Waals surface area contributed by atoms with Crippen LogP contribution in [0.5, 0.6) is 0 Å². The van der Waals surface area contributed by atoms with Crippen LogP contribution in [0, 0.1) is 22.7 Å². The molecule has 0 aliphatic heterocycles. The summed E-state index contributed by atoms with van der Waals surface area (Å²) in [6.45, 7) is 14.1. The number of nitriles is 2. The lowest BCUT2D eigenvalue weighted by atomic mass is 10.1. The van der Waals surface area contributed by atoms with Crippen LogP contribution in [0.1, 0.15) is 38.8 Å². The molecule has 2 aromatic carbocycles. The topological polar surface area (TPSA) is 186 Å². The van der Waals surface area contributed by atoms with Crippen molar-refractivity contribution >= 4 is 47.4 Å². The first-order chi connectivity index (χ1) is 24.3. The average Bonchev–Trinajstić information content (AvgIpc) is 3.10. The Hall–Kier alpha value is -6.18. The first-order valence-electron chi connectivity index (χ1n) is 15.9. The van der Waals surface area contributed by atoms with Gasteiger partial charge in [-0.05, 0) is 75.2 Å². The molecule has 2 atom stereocenters. The molecule has 2 aromatic rings. The molecule has 0 aliphatic carbocycles. The van der Waals surface area contributed by atoms with Crippen molar-refractivity contribution in [3.63, 3.8) is 0 Å². The van der Waals surface area contributed by atoms with E-state index in [0.717, 1.165) is 11.4 Å². The zero-order valence-electron chi connectivity index (χ0n) is 29.2. The zero-order valence-corrected chi connectivity index (χ0v) is 29.2. The number of carbonyl (C=O) groups is 4. The van der Waals surface area contributed by atoms with Gasteiger partial charge in [0, 0.05) is 34.6 Å². The third-order valence-corrected chi connectivity index (χ3v) is 6.48. The molecule has 0 radical (unpaired) electrons. The first kappa shape index (κ1) is 41.0. The minimum atomic E-state index is -0.822. The molecule has 2 rings (SSSR count). The van der Waals surface area contributed by atoms with Crippen LogP contribution in [-0.4, -0.2) is 75.6 Å². The summed E-state index contributed by atoms with van der Waals surface area (Å²) in [6.07, 6.45) is 2.82. The smallest absolute Gasteiger partial charge is 0.349 e. The minimum absolute atomic E-state index is 0.0272. The van der Waals surface area contributed by atoms with Crippen LogP contribution >= 0.6 is 0 Å². The molecule has 0 aromatic heterocycles. The number of benzene rings is 2. The van der Waals surface area contributed by atoms with Gasteiger partial charge in [-0.1, -0.05) is 37.4 Å². The Kier molecular flexibility index (Phi) is 17.5. The molecule has 0 bridgehead atoms. The van der Waals surface area contributed by atoms with Gasteiger partial charge in [0.2, 0.25) is 0 Å². The molecule has 0 saturated heterocycles. The maximum Gasteiger partial charge on any atom is 0.349 e. The Bertz CT molecular complexity index is 1570. The Morgan fingerprint density at radius 3 is 1.24 bits per heavy atom. The number of hydrogen-bond donors (Lipinski definition) is 2. The molecule has 0 fully saturated rings. The van der Waals surface area contributed by atoms with Crippen molar-refractivity contribution in [2.75, 3.05) is 50.3 Å². The van der Waals surface area contributed by atoms with Crippen LogP contribution in [0.25, 0.3) is 12.2 Å². The third-order valence-electron chi connectivity index (χ3n) is 6.48. The van der Waals surface area contributed by atoms with E-state index in [0.29, 0.717) is 24.3 Å². The summed E-state index contributed by atoms with van der Waals surface area (Å²) in [6, 6.07) is 17.9. The molecule has 0 spiro atoms. The predicted octanol–water partition coefficient (Wildman–Crippen LogP) is 5.14. The fraction of sp³-hybridized carbons (Fsp3) is 0.316. The van der Waals surface area contributed by atoms with Gasteiger partial charge in [0.25, 0.3) is 0 Å². The second kappa shape index (κ2) is 21.7. The Labute approximate surface area is 297 Å². The maximum atomic E-state index is 12.2. The van der Waals surface area contributed by atoms with Crippen molar-refractivity contribution in [3.8, 4) is 12.1 Å². The summed E-state index contributed by atoms with van der Waals surface area (Å²) >= 11 is 0. The zero-order chi connectivity index (χ0) is 37.8. The Balaban J connectivity index is 1.76. The van der Waals surface area contributed by atoms with E-state index in [4.69, 9.17) is 23.7 Å². The van der Waals surface area contributed by atoms with Gasteiger partial charge in [-0.25, -0.2) is 19.2 Å². The summed E-state index contributed by atoms with van der Waals surface area (Å²) < 4.78 is 25.6. The van der Waals surface area contributed by atoms with E-state index in [1.165, 1.54) is 26.0 Å². The van der Waals surface area contributed by atoms with Gasteiger partial charge in [-0.3, -0.25) is 0 Å². The number of ether oxygens (including phenoxy) is 5. The fourth-order valence-corrected chi connectivity index (χ4v) is 3.97. The van der Waals surface area contributed by atoms with Crippen molar-refractivity contribution in [1.29, 1.82) is 10.5 Å². The van der Waals surface area contributed by atoms with Gasteiger partial charge < -0.3 is 34.3 Å². The lowest BCUT2D eigenvalue weighted by Gasteiger charge is -2.19.